The van der Waals surface area contributed by atoms with Gasteiger partial charge in [-0.15, -0.1) is 0 Å². The second-order valence-corrected chi connectivity index (χ2v) is 5.37. The van der Waals surface area contributed by atoms with Gasteiger partial charge in [0.05, 0.1) is 0 Å². The highest BCUT2D eigenvalue weighted by Gasteiger charge is 2.44. The Kier molecular flexibility index (Phi) is 2.78. The molecule has 2 heterocycles. The van der Waals surface area contributed by atoms with Gasteiger partial charge in [-0.25, -0.2) is 9.78 Å². The van der Waals surface area contributed by atoms with Crippen LogP contribution in [0.3, 0.4) is 0 Å². The highest BCUT2D eigenvalue weighted by Crippen LogP contribution is 2.37. The predicted molar refractivity (Wildman–Crippen MR) is 76.0 cm³/mol. The van der Waals surface area contributed by atoms with Crippen LogP contribution in [-0.4, -0.2) is 33.3 Å². The summed E-state index contributed by atoms with van der Waals surface area (Å²) >= 11 is 0. The van der Waals surface area contributed by atoms with Gasteiger partial charge in [0.25, 0.3) is 0 Å². The van der Waals surface area contributed by atoms with E-state index in [1.54, 1.807) is 25.3 Å². The molecule has 1 atom stereocenters. The first kappa shape index (κ1) is 12.7. The molecule has 5 nitrogen and oxygen atoms in total. The summed E-state index contributed by atoms with van der Waals surface area (Å²) in [7, 11) is 0. The summed E-state index contributed by atoms with van der Waals surface area (Å²) in [4.78, 5) is 17.8. The Morgan fingerprint density at radius 2 is 2.20 bits per heavy atom. The highest BCUT2D eigenvalue weighted by molar-refractivity contribution is 5.95. The number of aliphatic carboxylic acids is 1. The zero-order chi connectivity index (χ0) is 14.3. The number of rotatable bonds is 2. The van der Waals surface area contributed by atoms with Crippen LogP contribution < -0.4 is 4.90 Å². The molecule has 2 aromatic rings. The maximum atomic E-state index is 11.6. The number of phenolic OH excluding ortho intramolecular Hbond substituents is 1. The van der Waals surface area contributed by atoms with E-state index in [9.17, 15) is 15.0 Å². The van der Waals surface area contributed by atoms with Crippen LogP contribution in [0.1, 0.15) is 19.8 Å². The normalized spacial score (nSPS) is 22.4. The van der Waals surface area contributed by atoms with Gasteiger partial charge in [0, 0.05) is 18.1 Å². The third-order valence-electron chi connectivity index (χ3n) is 4.09. The molecule has 5 heteroatoms. The Labute approximate surface area is 116 Å². The van der Waals surface area contributed by atoms with Crippen LogP contribution in [0.25, 0.3) is 10.8 Å². The number of carboxylic acids is 1. The average molecular weight is 272 g/mol. The summed E-state index contributed by atoms with van der Waals surface area (Å²) in [5.74, 6) is -0.0577. The summed E-state index contributed by atoms with van der Waals surface area (Å²) in [6.07, 6.45) is 3.09. The third-order valence-corrected chi connectivity index (χ3v) is 4.09. The maximum absolute atomic E-state index is 11.6. The zero-order valence-corrected chi connectivity index (χ0v) is 11.2. The van der Waals surface area contributed by atoms with Crippen LogP contribution in [0.5, 0.6) is 5.75 Å². The van der Waals surface area contributed by atoms with Gasteiger partial charge in [0.15, 0.2) is 0 Å². The molecule has 104 valence electrons. The third kappa shape index (κ3) is 1.78. The topological polar surface area (TPSA) is 73.7 Å². The Bertz CT molecular complexity index is 686. The Balaban J connectivity index is 2.19. The number of benzene rings is 1. The van der Waals surface area contributed by atoms with Crippen molar-refractivity contribution in [3.8, 4) is 5.75 Å². The second kappa shape index (κ2) is 4.37. The number of fused-ring (bicyclic) bond motifs is 1. The molecule has 1 aromatic carbocycles. The summed E-state index contributed by atoms with van der Waals surface area (Å²) in [5.41, 5.74) is -0.938. The van der Waals surface area contributed by atoms with Gasteiger partial charge in [0.1, 0.15) is 17.1 Å². The minimum absolute atomic E-state index is 0.156. The Hall–Kier alpha value is -2.30. The zero-order valence-electron chi connectivity index (χ0n) is 11.2. The molecule has 0 radical (unpaired) electrons. The van der Waals surface area contributed by atoms with Gasteiger partial charge in [-0.2, -0.15) is 0 Å². The van der Waals surface area contributed by atoms with E-state index in [1.165, 1.54) is 0 Å². The molecular weight excluding hydrogens is 256 g/mol. The molecule has 0 saturated carbocycles. The quantitative estimate of drug-likeness (QED) is 0.878. The maximum Gasteiger partial charge on any atom is 0.329 e. The number of hydrogen-bond donors (Lipinski definition) is 2. The smallest absolute Gasteiger partial charge is 0.329 e. The lowest BCUT2D eigenvalue weighted by Crippen LogP contribution is -2.48. The number of nitrogens with zero attached hydrogens (tertiary/aromatic N) is 2. The van der Waals surface area contributed by atoms with Crippen molar-refractivity contribution >= 4 is 22.6 Å². The number of carboxylic acid groups (broad SMARTS) is 1. The molecule has 0 bridgehead atoms. The molecule has 20 heavy (non-hydrogen) atoms. The van der Waals surface area contributed by atoms with Crippen molar-refractivity contribution in [2.45, 2.75) is 25.3 Å². The Morgan fingerprint density at radius 3 is 2.95 bits per heavy atom. The summed E-state index contributed by atoms with van der Waals surface area (Å²) in [5, 5.41) is 20.9. The second-order valence-electron chi connectivity index (χ2n) is 5.37. The van der Waals surface area contributed by atoms with Gasteiger partial charge < -0.3 is 15.1 Å². The molecule has 1 unspecified atom stereocenters. The van der Waals surface area contributed by atoms with E-state index < -0.39 is 11.5 Å². The number of pyridine rings is 1. The van der Waals surface area contributed by atoms with Gasteiger partial charge >= 0.3 is 5.97 Å². The molecule has 1 aromatic heterocycles. The highest BCUT2D eigenvalue weighted by atomic mass is 16.4. The van der Waals surface area contributed by atoms with E-state index in [0.29, 0.717) is 18.8 Å². The van der Waals surface area contributed by atoms with Crippen LogP contribution in [0.4, 0.5) is 5.82 Å². The molecule has 1 aliphatic rings. The lowest BCUT2D eigenvalue weighted by molar-refractivity contribution is -0.142. The summed E-state index contributed by atoms with van der Waals surface area (Å²) < 4.78 is 0. The van der Waals surface area contributed by atoms with Crippen LogP contribution in [0.2, 0.25) is 0 Å². The monoisotopic (exact) mass is 272 g/mol. The number of hydrogen-bond acceptors (Lipinski definition) is 4. The molecule has 2 N–H and O–H groups in total. The number of phenols is 1. The van der Waals surface area contributed by atoms with Crippen molar-refractivity contribution < 1.29 is 15.0 Å². The Morgan fingerprint density at radius 1 is 1.40 bits per heavy atom. The first-order chi connectivity index (χ1) is 9.52. The van der Waals surface area contributed by atoms with Crippen LogP contribution in [0, 0.1) is 0 Å². The van der Waals surface area contributed by atoms with E-state index >= 15 is 0 Å². The molecule has 0 amide bonds. The lowest BCUT2D eigenvalue weighted by Gasteiger charge is -2.32. The van der Waals surface area contributed by atoms with Crippen LogP contribution in [-0.2, 0) is 4.79 Å². The summed E-state index contributed by atoms with van der Waals surface area (Å²) in [6.45, 7) is 2.39. The first-order valence-corrected chi connectivity index (χ1v) is 6.61. The average Bonchev–Trinajstić information content (AvgIpc) is 2.81. The number of anilines is 1. The largest absolute Gasteiger partial charge is 0.508 e. The van der Waals surface area contributed by atoms with Gasteiger partial charge in [-0.3, -0.25) is 0 Å². The standard InChI is InChI=1S/C15H16N2O3/c1-15(14(19)20)6-2-8-17(15)13-12-9-11(18)4-3-10(12)5-7-16-13/h3-5,7,9,18H,2,6,8H2,1H3,(H,19,20). The molecular formula is C15H16N2O3. The van der Waals surface area contributed by atoms with Crippen molar-refractivity contribution in [1.29, 1.82) is 0 Å². The molecule has 1 saturated heterocycles. The minimum atomic E-state index is -0.938. The first-order valence-electron chi connectivity index (χ1n) is 6.61. The minimum Gasteiger partial charge on any atom is -0.508 e. The number of carbonyl (C=O) groups is 1. The van der Waals surface area contributed by atoms with Gasteiger partial charge in [-0.1, -0.05) is 6.07 Å². The van der Waals surface area contributed by atoms with Crippen molar-refractivity contribution in [2.75, 3.05) is 11.4 Å². The van der Waals surface area contributed by atoms with Crippen molar-refractivity contribution in [2.24, 2.45) is 0 Å². The fourth-order valence-electron chi connectivity index (χ4n) is 2.88. The molecule has 0 aliphatic carbocycles. The van der Waals surface area contributed by atoms with Crippen LogP contribution >= 0.6 is 0 Å². The van der Waals surface area contributed by atoms with E-state index in [1.807, 2.05) is 17.0 Å². The summed E-state index contributed by atoms with van der Waals surface area (Å²) in [6, 6.07) is 6.92. The van der Waals surface area contributed by atoms with Crippen molar-refractivity contribution in [3.63, 3.8) is 0 Å². The molecule has 0 spiro atoms. The van der Waals surface area contributed by atoms with Crippen molar-refractivity contribution in [3.05, 3.63) is 30.5 Å². The van der Waals surface area contributed by atoms with E-state index in [0.717, 1.165) is 17.2 Å². The van der Waals surface area contributed by atoms with Gasteiger partial charge in [-0.05, 0) is 43.4 Å². The number of aromatic hydroxyl groups is 1. The predicted octanol–water partition coefficient (Wildman–Crippen LogP) is 2.38. The fraction of sp³-hybridized carbons (Fsp3) is 0.333. The number of aromatic nitrogens is 1. The molecule has 3 rings (SSSR count). The SMILES string of the molecule is CC1(C(=O)O)CCCN1c1nccc2ccc(O)cc12. The van der Waals surface area contributed by atoms with E-state index in [4.69, 9.17) is 0 Å². The van der Waals surface area contributed by atoms with Crippen LogP contribution in [0.15, 0.2) is 30.5 Å². The molecule has 1 fully saturated rings. The fourth-order valence-corrected chi connectivity index (χ4v) is 2.88. The van der Waals surface area contributed by atoms with E-state index in [-0.39, 0.29) is 5.75 Å². The van der Waals surface area contributed by atoms with Gasteiger partial charge in [0.2, 0.25) is 0 Å². The van der Waals surface area contributed by atoms with Crippen molar-refractivity contribution in [1.82, 2.24) is 4.98 Å². The molecule has 1 aliphatic heterocycles. The lowest BCUT2D eigenvalue weighted by atomic mass is 9.99. The van der Waals surface area contributed by atoms with E-state index in [2.05, 4.69) is 4.98 Å².